The molecule has 0 aromatic heterocycles. The second-order valence-corrected chi connectivity index (χ2v) is 4.94. The minimum atomic E-state index is -0.332. The van der Waals surface area contributed by atoms with Gasteiger partial charge in [-0.2, -0.15) is 0 Å². The van der Waals surface area contributed by atoms with Crippen LogP contribution in [0.2, 0.25) is 0 Å². The summed E-state index contributed by atoms with van der Waals surface area (Å²) in [5, 5.41) is 0. The van der Waals surface area contributed by atoms with E-state index in [1.807, 2.05) is 30.9 Å². The number of carbonyl (C=O) groups is 2. The molecular weight excluding hydrogens is 220 g/mol. The summed E-state index contributed by atoms with van der Waals surface area (Å²) in [6.07, 6.45) is 0. The van der Waals surface area contributed by atoms with Crippen molar-refractivity contribution in [2.24, 2.45) is 11.7 Å². The Hall–Kier alpha value is -1.14. The Bertz CT molecular complexity index is 293. The molecule has 17 heavy (non-hydrogen) atoms. The molecule has 0 unspecified atom stereocenters. The predicted molar refractivity (Wildman–Crippen MR) is 65.3 cm³/mol. The van der Waals surface area contributed by atoms with Gasteiger partial charge in [0.2, 0.25) is 11.8 Å². The van der Waals surface area contributed by atoms with Gasteiger partial charge in [0.15, 0.2) is 0 Å². The van der Waals surface area contributed by atoms with E-state index in [9.17, 15) is 9.59 Å². The van der Waals surface area contributed by atoms with Crippen LogP contribution >= 0.6 is 0 Å². The van der Waals surface area contributed by atoms with Gasteiger partial charge >= 0.3 is 0 Å². The van der Waals surface area contributed by atoms with Crippen LogP contribution in [0.4, 0.5) is 0 Å². The molecule has 1 heterocycles. The van der Waals surface area contributed by atoms with E-state index in [4.69, 9.17) is 5.73 Å². The van der Waals surface area contributed by atoms with Crippen LogP contribution in [-0.4, -0.2) is 80.4 Å². The summed E-state index contributed by atoms with van der Waals surface area (Å²) in [5.74, 6) is -0.549. The summed E-state index contributed by atoms with van der Waals surface area (Å²) in [4.78, 5) is 28.8. The Morgan fingerprint density at radius 2 is 1.94 bits per heavy atom. The molecule has 0 radical (unpaired) electrons. The molecule has 0 bridgehead atoms. The first-order valence-corrected chi connectivity index (χ1v) is 5.80. The van der Waals surface area contributed by atoms with Crippen LogP contribution in [-0.2, 0) is 9.59 Å². The molecule has 2 amide bonds. The molecule has 2 N–H and O–H groups in total. The van der Waals surface area contributed by atoms with E-state index in [0.717, 1.165) is 6.54 Å². The largest absolute Gasteiger partial charge is 0.369 e. The summed E-state index contributed by atoms with van der Waals surface area (Å²) in [5.41, 5.74) is 5.35. The lowest BCUT2D eigenvalue weighted by molar-refractivity contribution is -0.133. The van der Waals surface area contributed by atoms with E-state index in [0.29, 0.717) is 26.2 Å². The van der Waals surface area contributed by atoms with E-state index in [-0.39, 0.29) is 17.7 Å². The van der Waals surface area contributed by atoms with E-state index in [2.05, 4.69) is 0 Å². The first-order chi connectivity index (χ1) is 7.90. The summed E-state index contributed by atoms with van der Waals surface area (Å²) in [6.45, 7) is 2.87. The summed E-state index contributed by atoms with van der Waals surface area (Å²) in [6, 6.07) is 0. The van der Waals surface area contributed by atoms with Crippen molar-refractivity contribution in [3.05, 3.63) is 0 Å². The second kappa shape index (κ2) is 5.97. The third-order valence-corrected chi connectivity index (χ3v) is 2.93. The fraction of sp³-hybridized carbons (Fsp3) is 0.818. The van der Waals surface area contributed by atoms with E-state index in [1.165, 1.54) is 0 Å². The van der Waals surface area contributed by atoms with Crippen molar-refractivity contribution in [2.75, 3.05) is 53.9 Å². The first kappa shape index (κ1) is 13.9. The van der Waals surface area contributed by atoms with Crippen LogP contribution in [0.25, 0.3) is 0 Å². The number of carbonyl (C=O) groups excluding carboxylic acids is 2. The molecule has 6 heteroatoms. The highest BCUT2D eigenvalue weighted by molar-refractivity contribution is 5.81. The average molecular weight is 242 g/mol. The molecule has 1 fully saturated rings. The van der Waals surface area contributed by atoms with Crippen molar-refractivity contribution in [1.82, 2.24) is 14.7 Å². The van der Waals surface area contributed by atoms with E-state index in [1.54, 1.807) is 4.90 Å². The van der Waals surface area contributed by atoms with Crippen LogP contribution in [0.3, 0.4) is 0 Å². The molecule has 1 saturated heterocycles. The number of rotatable bonds is 3. The van der Waals surface area contributed by atoms with Gasteiger partial charge in [0.05, 0.1) is 12.5 Å². The minimum absolute atomic E-state index is 0.0524. The lowest BCUT2D eigenvalue weighted by Gasteiger charge is -2.24. The van der Waals surface area contributed by atoms with Gasteiger partial charge in [-0.05, 0) is 21.1 Å². The third-order valence-electron chi connectivity index (χ3n) is 2.93. The number of hydrogen-bond acceptors (Lipinski definition) is 4. The zero-order chi connectivity index (χ0) is 13.0. The van der Waals surface area contributed by atoms with E-state index < -0.39 is 0 Å². The van der Waals surface area contributed by atoms with Gasteiger partial charge in [-0.25, -0.2) is 0 Å². The zero-order valence-corrected chi connectivity index (χ0v) is 10.8. The van der Waals surface area contributed by atoms with Gasteiger partial charge in [-0.1, -0.05) is 0 Å². The Balaban J connectivity index is 2.66. The van der Waals surface area contributed by atoms with Crippen molar-refractivity contribution in [3.63, 3.8) is 0 Å². The number of hydrogen-bond donors (Lipinski definition) is 1. The smallest absolute Gasteiger partial charge is 0.236 e. The van der Waals surface area contributed by atoms with Gasteiger partial charge in [-0.3, -0.25) is 9.59 Å². The molecule has 1 rings (SSSR count). The van der Waals surface area contributed by atoms with E-state index >= 15 is 0 Å². The highest BCUT2D eigenvalue weighted by Crippen LogP contribution is 2.08. The van der Waals surface area contributed by atoms with Crippen molar-refractivity contribution in [1.29, 1.82) is 0 Å². The highest BCUT2D eigenvalue weighted by Gasteiger charge is 2.27. The average Bonchev–Trinajstić information content (AvgIpc) is 2.39. The topological polar surface area (TPSA) is 69.9 Å². The number of likely N-dealkylation sites (N-methyl/N-ethyl adjacent to an activating group) is 2. The maximum absolute atomic E-state index is 11.9. The standard InChI is InChI=1S/C11H22N4O2/c1-13(2)8-10(16)15-5-4-14(3)6-9(7-15)11(12)17/h9H,4-8H2,1-3H3,(H2,12,17)/t9-/m1/s1. The van der Waals surface area contributed by atoms with Gasteiger partial charge in [-0.15, -0.1) is 0 Å². The summed E-state index contributed by atoms with van der Waals surface area (Å²) in [7, 11) is 5.65. The molecule has 1 aliphatic rings. The van der Waals surface area contributed by atoms with Gasteiger partial charge in [0.1, 0.15) is 0 Å². The lowest BCUT2D eigenvalue weighted by atomic mass is 10.1. The predicted octanol–water partition coefficient (Wildman–Crippen LogP) is -1.58. The molecular formula is C11H22N4O2. The molecule has 0 saturated carbocycles. The Labute approximate surface area is 102 Å². The normalized spacial score (nSPS) is 22.6. The summed E-state index contributed by atoms with van der Waals surface area (Å²) >= 11 is 0. The third kappa shape index (κ3) is 4.32. The van der Waals surface area contributed by atoms with Crippen LogP contribution in [0.15, 0.2) is 0 Å². The zero-order valence-electron chi connectivity index (χ0n) is 10.8. The van der Waals surface area contributed by atoms with Crippen LogP contribution in [0.5, 0.6) is 0 Å². The molecule has 98 valence electrons. The van der Waals surface area contributed by atoms with Crippen LogP contribution < -0.4 is 5.73 Å². The monoisotopic (exact) mass is 242 g/mol. The SMILES string of the molecule is CN(C)CC(=O)N1CCN(C)C[C@@H](C(N)=O)C1. The maximum atomic E-state index is 11.9. The Kier molecular flexibility index (Phi) is 4.89. The van der Waals surface area contributed by atoms with Crippen LogP contribution in [0, 0.1) is 5.92 Å². The number of amides is 2. The number of primary amides is 1. The Morgan fingerprint density at radius 3 is 2.47 bits per heavy atom. The maximum Gasteiger partial charge on any atom is 0.236 e. The Morgan fingerprint density at radius 1 is 1.29 bits per heavy atom. The van der Waals surface area contributed by atoms with Crippen molar-refractivity contribution in [3.8, 4) is 0 Å². The molecule has 0 aromatic rings. The molecule has 1 aliphatic heterocycles. The number of nitrogens with two attached hydrogens (primary N) is 1. The number of nitrogens with zero attached hydrogens (tertiary/aromatic N) is 3. The van der Waals surface area contributed by atoms with Crippen molar-refractivity contribution in [2.45, 2.75) is 0 Å². The first-order valence-electron chi connectivity index (χ1n) is 5.80. The van der Waals surface area contributed by atoms with Gasteiger partial charge in [0.25, 0.3) is 0 Å². The molecule has 1 atom stereocenters. The molecule has 0 aromatic carbocycles. The molecule has 0 aliphatic carbocycles. The fourth-order valence-electron chi connectivity index (χ4n) is 1.95. The van der Waals surface area contributed by atoms with Crippen molar-refractivity contribution >= 4 is 11.8 Å². The van der Waals surface area contributed by atoms with Crippen molar-refractivity contribution < 1.29 is 9.59 Å². The summed E-state index contributed by atoms with van der Waals surface area (Å²) < 4.78 is 0. The molecule has 0 spiro atoms. The second-order valence-electron chi connectivity index (χ2n) is 4.94. The fourth-order valence-corrected chi connectivity index (χ4v) is 1.95. The van der Waals surface area contributed by atoms with Gasteiger partial charge in [0, 0.05) is 26.2 Å². The van der Waals surface area contributed by atoms with Gasteiger partial charge < -0.3 is 20.4 Å². The van der Waals surface area contributed by atoms with Crippen LogP contribution in [0.1, 0.15) is 0 Å². The molecule has 6 nitrogen and oxygen atoms in total. The minimum Gasteiger partial charge on any atom is -0.369 e. The lowest BCUT2D eigenvalue weighted by Crippen LogP contribution is -2.43. The highest BCUT2D eigenvalue weighted by atomic mass is 16.2. The quantitative estimate of drug-likeness (QED) is 0.649.